The van der Waals surface area contributed by atoms with Gasteiger partial charge in [0.1, 0.15) is 17.9 Å². The summed E-state index contributed by atoms with van der Waals surface area (Å²) in [5, 5.41) is 23.0. The van der Waals surface area contributed by atoms with Crippen molar-refractivity contribution < 1.29 is 14.9 Å². The number of nitrogens with zero attached hydrogens (tertiary/aromatic N) is 2. The number of halogens is 1. The van der Waals surface area contributed by atoms with Gasteiger partial charge in [0, 0.05) is 26.7 Å². The standard InChI is InChI=1S/C17H16BrN3O3/c1-24-16-6-13-15(5-11(16)8-23)19-9-20-17(13)21-14-3-2-12(18)4-10(14)7-22/h2-6,9,22-23H,7-8H2,1H3,(H,19,20,21). The fourth-order valence-corrected chi connectivity index (χ4v) is 2.89. The lowest BCUT2D eigenvalue weighted by atomic mass is 10.1. The summed E-state index contributed by atoms with van der Waals surface area (Å²) >= 11 is 3.39. The molecule has 24 heavy (non-hydrogen) atoms. The molecular formula is C17H16BrN3O3. The highest BCUT2D eigenvalue weighted by Crippen LogP contribution is 2.31. The number of aliphatic hydroxyl groups excluding tert-OH is 2. The number of hydrogen-bond donors (Lipinski definition) is 3. The van der Waals surface area contributed by atoms with Gasteiger partial charge in [-0.1, -0.05) is 15.9 Å². The smallest absolute Gasteiger partial charge is 0.141 e. The number of aliphatic hydroxyl groups is 2. The zero-order valence-corrected chi connectivity index (χ0v) is 14.5. The molecule has 7 heteroatoms. The third-order valence-electron chi connectivity index (χ3n) is 3.70. The van der Waals surface area contributed by atoms with E-state index >= 15 is 0 Å². The number of ether oxygens (including phenoxy) is 1. The largest absolute Gasteiger partial charge is 0.496 e. The second-order valence-electron chi connectivity index (χ2n) is 5.15. The Hall–Kier alpha value is -2.22. The van der Waals surface area contributed by atoms with Crippen LogP contribution in [0.15, 0.2) is 41.1 Å². The molecule has 3 N–H and O–H groups in total. The van der Waals surface area contributed by atoms with Crippen LogP contribution in [0.2, 0.25) is 0 Å². The summed E-state index contributed by atoms with van der Waals surface area (Å²) in [6.45, 7) is -0.226. The van der Waals surface area contributed by atoms with Gasteiger partial charge in [-0.15, -0.1) is 0 Å². The number of benzene rings is 2. The highest BCUT2D eigenvalue weighted by Gasteiger charge is 2.11. The molecule has 0 aliphatic carbocycles. The number of fused-ring (bicyclic) bond motifs is 1. The molecule has 2 aromatic carbocycles. The lowest BCUT2D eigenvalue weighted by Crippen LogP contribution is -2.01. The van der Waals surface area contributed by atoms with Crippen LogP contribution in [0.4, 0.5) is 11.5 Å². The molecule has 1 heterocycles. The van der Waals surface area contributed by atoms with Crippen molar-refractivity contribution in [1.82, 2.24) is 9.97 Å². The molecule has 0 bridgehead atoms. The van der Waals surface area contributed by atoms with Crippen molar-refractivity contribution in [3.05, 3.63) is 52.3 Å². The van der Waals surface area contributed by atoms with Gasteiger partial charge in [0.2, 0.25) is 0 Å². The topological polar surface area (TPSA) is 87.5 Å². The summed E-state index contributed by atoms with van der Waals surface area (Å²) in [7, 11) is 1.55. The van der Waals surface area contributed by atoms with Crippen LogP contribution in [0.1, 0.15) is 11.1 Å². The Bertz CT molecular complexity index is 886. The Kier molecular flexibility index (Phi) is 4.94. The second-order valence-corrected chi connectivity index (χ2v) is 6.06. The third kappa shape index (κ3) is 3.19. The molecule has 0 aliphatic rings. The Morgan fingerprint density at radius 3 is 2.58 bits per heavy atom. The van der Waals surface area contributed by atoms with Crippen LogP contribution in [-0.4, -0.2) is 27.3 Å². The number of nitrogens with one attached hydrogen (secondary N) is 1. The van der Waals surface area contributed by atoms with Crippen LogP contribution >= 0.6 is 15.9 Å². The fraction of sp³-hybridized carbons (Fsp3) is 0.176. The zero-order chi connectivity index (χ0) is 17.1. The van der Waals surface area contributed by atoms with E-state index in [0.717, 1.165) is 21.1 Å². The summed E-state index contributed by atoms with van der Waals surface area (Å²) in [5.41, 5.74) is 2.86. The SMILES string of the molecule is COc1cc2c(Nc3ccc(Br)cc3CO)ncnc2cc1CO. The monoisotopic (exact) mass is 389 g/mol. The van der Waals surface area contributed by atoms with Crippen molar-refractivity contribution in [3.8, 4) is 5.75 Å². The van der Waals surface area contributed by atoms with Crippen LogP contribution in [-0.2, 0) is 13.2 Å². The lowest BCUT2D eigenvalue weighted by molar-refractivity contribution is 0.274. The Morgan fingerprint density at radius 1 is 1.08 bits per heavy atom. The first-order valence-electron chi connectivity index (χ1n) is 7.25. The summed E-state index contributed by atoms with van der Waals surface area (Å²) in [6, 6.07) is 9.16. The maximum absolute atomic E-state index is 9.54. The van der Waals surface area contributed by atoms with E-state index < -0.39 is 0 Å². The Labute approximate surface area is 147 Å². The van der Waals surface area contributed by atoms with E-state index in [-0.39, 0.29) is 13.2 Å². The molecule has 0 amide bonds. The Morgan fingerprint density at radius 2 is 1.88 bits per heavy atom. The van der Waals surface area contributed by atoms with Crippen molar-refractivity contribution in [1.29, 1.82) is 0 Å². The number of anilines is 2. The molecule has 0 aliphatic heterocycles. The normalized spacial score (nSPS) is 10.8. The van der Waals surface area contributed by atoms with E-state index in [1.54, 1.807) is 19.2 Å². The van der Waals surface area contributed by atoms with Crippen LogP contribution < -0.4 is 10.1 Å². The fourth-order valence-electron chi connectivity index (χ4n) is 2.48. The van der Waals surface area contributed by atoms with Gasteiger partial charge in [0.25, 0.3) is 0 Å². The van der Waals surface area contributed by atoms with Crippen molar-refractivity contribution >= 4 is 38.3 Å². The first-order valence-corrected chi connectivity index (χ1v) is 8.04. The number of rotatable bonds is 5. The maximum atomic E-state index is 9.54. The minimum absolute atomic E-state index is 0.0945. The summed E-state index contributed by atoms with van der Waals surface area (Å²) in [4.78, 5) is 8.55. The number of hydrogen-bond acceptors (Lipinski definition) is 6. The van der Waals surface area contributed by atoms with Gasteiger partial charge < -0.3 is 20.3 Å². The highest BCUT2D eigenvalue weighted by atomic mass is 79.9. The van der Waals surface area contributed by atoms with Gasteiger partial charge in [0.15, 0.2) is 0 Å². The lowest BCUT2D eigenvalue weighted by Gasteiger charge is -2.14. The van der Waals surface area contributed by atoms with E-state index in [2.05, 4.69) is 31.2 Å². The second kappa shape index (κ2) is 7.12. The molecule has 0 fully saturated rings. The number of methoxy groups -OCH3 is 1. The van der Waals surface area contributed by atoms with Gasteiger partial charge in [-0.25, -0.2) is 9.97 Å². The van der Waals surface area contributed by atoms with E-state index in [4.69, 9.17) is 4.74 Å². The predicted octanol–water partition coefficient (Wildman–Crippen LogP) is 3.13. The minimum Gasteiger partial charge on any atom is -0.496 e. The molecule has 0 unspecified atom stereocenters. The first kappa shape index (κ1) is 16.6. The molecule has 3 rings (SSSR count). The van der Waals surface area contributed by atoms with Crippen molar-refractivity contribution in [2.45, 2.75) is 13.2 Å². The molecule has 6 nitrogen and oxygen atoms in total. The minimum atomic E-state index is -0.132. The van der Waals surface area contributed by atoms with E-state index in [1.165, 1.54) is 6.33 Å². The predicted molar refractivity (Wildman–Crippen MR) is 95.4 cm³/mol. The quantitative estimate of drug-likeness (QED) is 0.621. The summed E-state index contributed by atoms with van der Waals surface area (Å²) < 4.78 is 6.21. The van der Waals surface area contributed by atoms with Gasteiger partial charge in [-0.05, 0) is 30.3 Å². The van der Waals surface area contributed by atoms with Gasteiger partial charge in [-0.2, -0.15) is 0 Å². The van der Waals surface area contributed by atoms with Crippen molar-refractivity contribution in [2.75, 3.05) is 12.4 Å². The Balaban J connectivity index is 2.10. The average Bonchev–Trinajstić information content (AvgIpc) is 2.62. The molecule has 124 valence electrons. The zero-order valence-electron chi connectivity index (χ0n) is 13.0. The molecular weight excluding hydrogens is 374 g/mol. The van der Waals surface area contributed by atoms with Crippen molar-refractivity contribution in [2.24, 2.45) is 0 Å². The van der Waals surface area contributed by atoms with Crippen LogP contribution in [0, 0.1) is 0 Å². The highest BCUT2D eigenvalue weighted by molar-refractivity contribution is 9.10. The van der Waals surface area contributed by atoms with Crippen LogP contribution in [0.25, 0.3) is 10.9 Å². The maximum Gasteiger partial charge on any atom is 0.141 e. The van der Waals surface area contributed by atoms with Crippen LogP contribution in [0.3, 0.4) is 0 Å². The van der Waals surface area contributed by atoms with E-state index in [9.17, 15) is 10.2 Å². The van der Waals surface area contributed by atoms with Gasteiger partial charge >= 0.3 is 0 Å². The molecule has 0 radical (unpaired) electrons. The molecule has 0 saturated carbocycles. The van der Waals surface area contributed by atoms with Gasteiger partial charge in [-0.3, -0.25) is 0 Å². The molecule has 0 spiro atoms. The van der Waals surface area contributed by atoms with E-state index in [0.29, 0.717) is 22.6 Å². The molecule has 0 atom stereocenters. The number of aromatic nitrogens is 2. The molecule has 0 saturated heterocycles. The van der Waals surface area contributed by atoms with Crippen LogP contribution in [0.5, 0.6) is 5.75 Å². The molecule has 3 aromatic rings. The van der Waals surface area contributed by atoms with Gasteiger partial charge in [0.05, 0.1) is 25.8 Å². The summed E-state index contributed by atoms with van der Waals surface area (Å²) in [5.74, 6) is 1.17. The molecule has 1 aromatic heterocycles. The average molecular weight is 390 g/mol. The van der Waals surface area contributed by atoms with E-state index in [1.807, 2.05) is 18.2 Å². The third-order valence-corrected chi connectivity index (χ3v) is 4.19. The van der Waals surface area contributed by atoms with Crippen molar-refractivity contribution in [3.63, 3.8) is 0 Å². The first-order chi connectivity index (χ1) is 11.7. The summed E-state index contributed by atoms with van der Waals surface area (Å²) in [6.07, 6.45) is 1.45.